The Hall–Kier alpha value is -1.55. The van der Waals surface area contributed by atoms with Crippen molar-refractivity contribution in [2.24, 2.45) is 0 Å². The molecule has 1 aromatic rings. The number of phenols is 1. The second kappa shape index (κ2) is 4.31. The minimum Gasteiger partial charge on any atom is -0.507 e. The number of hydrogen-bond donors (Lipinski definition) is 2. The van der Waals surface area contributed by atoms with Gasteiger partial charge in [0.15, 0.2) is 0 Å². The first-order valence-corrected chi connectivity index (χ1v) is 4.62. The van der Waals surface area contributed by atoms with Gasteiger partial charge in [-0.1, -0.05) is 6.07 Å². The largest absolute Gasteiger partial charge is 0.507 e. The van der Waals surface area contributed by atoms with E-state index < -0.39 is 5.97 Å². The Morgan fingerprint density at radius 3 is 2.47 bits per heavy atom. The van der Waals surface area contributed by atoms with E-state index in [2.05, 4.69) is 0 Å². The summed E-state index contributed by atoms with van der Waals surface area (Å²) in [6.07, 6.45) is 0. The number of benzene rings is 1. The van der Waals surface area contributed by atoms with Gasteiger partial charge in [-0.3, -0.25) is 0 Å². The van der Waals surface area contributed by atoms with Crippen molar-refractivity contribution >= 4 is 5.97 Å². The monoisotopic (exact) mass is 209 g/mol. The molecule has 0 unspecified atom stereocenters. The Kier molecular flexibility index (Phi) is 3.31. The highest BCUT2D eigenvalue weighted by atomic mass is 16.4. The normalized spacial score (nSPS) is 10.7. The molecule has 0 saturated heterocycles. The average Bonchev–Trinajstić information content (AvgIpc) is 2.09. The van der Waals surface area contributed by atoms with Crippen LogP contribution in [-0.4, -0.2) is 35.2 Å². The number of hydrogen-bond acceptors (Lipinski definition) is 3. The first-order valence-electron chi connectivity index (χ1n) is 4.62. The van der Waals surface area contributed by atoms with Crippen LogP contribution < -0.4 is 0 Å². The molecule has 1 rings (SSSR count). The van der Waals surface area contributed by atoms with Crippen LogP contribution in [0.5, 0.6) is 5.75 Å². The van der Waals surface area contributed by atoms with E-state index >= 15 is 0 Å². The number of carboxylic acid groups (broad SMARTS) is 1. The molecule has 0 radical (unpaired) electrons. The summed E-state index contributed by atoms with van der Waals surface area (Å²) in [6.45, 7) is 2.35. The lowest BCUT2D eigenvalue weighted by molar-refractivity contribution is 0.0693. The lowest BCUT2D eigenvalue weighted by Gasteiger charge is -2.12. The fraction of sp³-hybridized carbons (Fsp3) is 0.364. The quantitative estimate of drug-likeness (QED) is 0.791. The number of aryl methyl sites for hydroxylation is 1. The van der Waals surface area contributed by atoms with Crippen LogP contribution in [0.25, 0.3) is 0 Å². The van der Waals surface area contributed by atoms with E-state index in [-0.39, 0.29) is 11.3 Å². The molecule has 0 amide bonds. The molecule has 0 bridgehead atoms. The van der Waals surface area contributed by atoms with Crippen LogP contribution in [0.1, 0.15) is 21.5 Å². The van der Waals surface area contributed by atoms with Gasteiger partial charge in [-0.2, -0.15) is 0 Å². The van der Waals surface area contributed by atoms with Crippen molar-refractivity contribution in [3.63, 3.8) is 0 Å². The molecule has 4 heteroatoms. The van der Waals surface area contributed by atoms with E-state index in [1.165, 1.54) is 6.07 Å². The van der Waals surface area contributed by atoms with E-state index in [1.54, 1.807) is 13.0 Å². The summed E-state index contributed by atoms with van der Waals surface area (Å²) in [5.41, 5.74) is 1.44. The Bertz CT molecular complexity index is 386. The third-order valence-corrected chi connectivity index (χ3v) is 2.09. The van der Waals surface area contributed by atoms with Crippen molar-refractivity contribution in [1.29, 1.82) is 0 Å². The van der Waals surface area contributed by atoms with Crippen molar-refractivity contribution in [1.82, 2.24) is 4.90 Å². The molecule has 0 saturated carbocycles. The maximum atomic E-state index is 10.8. The number of aromatic hydroxyl groups is 1. The zero-order valence-corrected chi connectivity index (χ0v) is 9.11. The minimum absolute atomic E-state index is 0.0353. The summed E-state index contributed by atoms with van der Waals surface area (Å²) in [5, 5.41) is 18.4. The predicted molar refractivity (Wildman–Crippen MR) is 57.2 cm³/mol. The molecule has 2 N–H and O–H groups in total. The highest BCUT2D eigenvalue weighted by molar-refractivity contribution is 5.91. The molecule has 0 aliphatic carbocycles. The molecule has 0 atom stereocenters. The Labute approximate surface area is 88.8 Å². The van der Waals surface area contributed by atoms with Crippen LogP contribution in [0, 0.1) is 6.92 Å². The second-order valence-electron chi connectivity index (χ2n) is 3.85. The van der Waals surface area contributed by atoms with Gasteiger partial charge in [0.05, 0.1) is 0 Å². The maximum absolute atomic E-state index is 10.8. The number of carboxylic acids is 1. The van der Waals surface area contributed by atoms with E-state index in [4.69, 9.17) is 5.11 Å². The lowest BCUT2D eigenvalue weighted by Crippen LogP contribution is -2.11. The molecule has 0 spiro atoms. The SMILES string of the molecule is Cc1cc(CN(C)C)cc(C(=O)O)c1O. The topological polar surface area (TPSA) is 60.8 Å². The highest BCUT2D eigenvalue weighted by Crippen LogP contribution is 2.24. The fourth-order valence-electron chi connectivity index (χ4n) is 1.47. The van der Waals surface area contributed by atoms with Crippen LogP contribution in [0.3, 0.4) is 0 Å². The highest BCUT2D eigenvalue weighted by Gasteiger charge is 2.13. The van der Waals surface area contributed by atoms with Gasteiger partial charge < -0.3 is 15.1 Å². The van der Waals surface area contributed by atoms with Crippen LogP contribution >= 0.6 is 0 Å². The Morgan fingerprint density at radius 2 is 2.00 bits per heavy atom. The van der Waals surface area contributed by atoms with E-state index in [9.17, 15) is 9.90 Å². The number of rotatable bonds is 3. The van der Waals surface area contributed by atoms with Crippen LogP contribution in [0.4, 0.5) is 0 Å². The molecule has 0 aromatic heterocycles. The first-order chi connectivity index (χ1) is 6.91. The molecule has 0 aliphatic rings. The second-order valence-corrected chi connectivity index (χ2v) is 3.85. The van der Waals surface area contributed by atoms with E-state index in [0.717, 1.165) is 5.56 Å². The predicted octanol–water partition coefficient (Wildman–Crippen LogP) is 1.46. The molecule has 1 aromatic carbocycles. The summed E-state index contributed by atoms with van der Waals surface area (Å²) in [4.78, 5) is 12.8. The summed E-state index contributed by atoms with van der Waals surface area (Å²) in [6, 6.07) is 3.30. The van der Waals surface area contributed by atoms with Crippen molar-refractivity contribution in [3.8, 4) is 5.75 Å². The molecule has 0 aliphatic heterocycles. The number of aromatic carboxylic acids is 1. The van der Waals surface area contributed by atoms with Gasteiger partial charge >= 0.3 is 5.97 Å². The third kappa shape index (κ3) is 2.70. The first kappa shape index (κ1) is 11.5. The van der Waals surface area contributed by atoms with Gasteiger partial charge in [0.2, 0.25) is 0 Å². The van der Waals surface area contributed by atoms with E-state index in [0.29, 0.717) is 12.1 Å². The van der Waals surface area contributed by atoms with Crippen LogP contribution in [0.2, 0.25) is 0 Å². The molecule has 4 nitrogen and oxygen atoms in total. The fourth-order valence-corrected chi connectivity index (χ4v) is 1.47. The molecular formula is C11H15NO3. The Morgan fingerprint density at radius 1 is 1.40 bits per heavy atom. The third-order valence-electron chi connectivity index (χ3n) is 2.09. The zero-order chi connectivity index (χ0) is 11.6. The lowest BCUT2D eigenvalue weighted by atomic mass is 10.0. The summed E-state index contributed by atoms with van der Waals surface area (Å²) < 4.78 is 0. The molecule has 0 heterocycles. The number of carbonyl (C=O) groups is 1. The van der Waals surface area contributed by atoms with Gasteiger partial charge in [0, 0.05) is 6.54 Å². The molecule has 82 valence electrons. The standard InChI is InChI=1S/C11H15NO3/c1-7-4-8(6-12(2)3)5-9(10(7)13)11(14)15/h4-5,13H,6H2,1-3H3,(H,14,15). The average molecular weight is 209 g/mol. The van der Waals surface area contributed by atoms with Crippen molar-refractivity contribution in [2.75, 3.05) is 14.1 Å². The van der Waals surface area contributed by atoms with Crippen molar-refractivity contribution in [3.05, 3.63) is 28.8 Å². The van der Waals surface area contributed by atoms with Crippen LogP contribution in [-0.2, 0) is 6.54 Å². The maximum Gasteiger partial charge on any atom is 0.339 e. The van der Waals surface area contributed by atoms with Crippen LogP contribution in [0.15, 0.2) is 12.1 Å². The molecule has 15 heavy (non-hydrogen) atoms. The number of nitrogens with zero attached hydrogens (tertiary/aromatic N) is 1. The minimum atomic E-state index is -1.10. The molecular weight excluding hydrogens is 194 g/mol. The van der Waals surface area contributed by atoms with Gasteiger partial charge in [0.1, 0.15) is 11.3 Å². The summed E-state index contributed by atoms with van der Waals surface area (Å²) in [7, 11) is 3.81. The van der Waals surface area contributed by atoms with Crippen molar-refractivity contribution < 1.29 is 15.0 Å². The van der Waals surface area contributed by atoms with Gasteiger partial charge in [-0.05, 0) is 38.2 Å². The summed E-state index contributed by atoms with van der Waals surface area (Å²) in [5.74, 6) is -1.25. The smallest absolute Gasteiger partial charge is 0.339 e. The molecule has 0 fully saturated rings. The van der Waals surface area contributed by atoms with Crippen molar-refractivity contribution in [2.45, 2.75) is 13.5 Å². The zero-order valence-electron chi connectivity index (χ0n) is 9.11. The van der Waals surface area contributed by atoms with E-state index in [1.807, 2.05) is 19.0 Å². The summed E-state index contributed by atoms with van der Waals surface area (Å²) >= 11 is 0. The van der Waals surface area contributed by atoms with Gasteiger partial charge in [-0.15, -0.1) is 0 Å². The van der Waals surface area contributed by atoms with Gasteiger partial charge in [0.25, 0.3) is 0 Å². The Balaban J connectivity index is 3.17. The van der Waals surface area contributed by atoms with Gasteiger partial charge in [-0.25, -0.2) is 4.79 Å².